The second-order valence-corrected chi connectivity index (χ2v) is 13.6. The number of carbonyl (C=O) groups is 2. The number of rotatable bonds is 34. The molecule has 0 saturated heterocycles. The van der Waals surface area contributed by atoms with E-state index in [2.05, 4.69) is 6.92 Å². The molecule has 0 amide bonds. The Morgan fingerprint density at radius 2 is 0.826 bits per heavy atom. The van der Waals surface area contributed by atoms with Crippen molar-refractivity contribution in [3.8, 4) is 0 Å². The molecule has 0 aliphatic rings. The average molecular weight is 663 g/mol. The lowest BCUT2D eigenvalue weighted by Gasteiger charge is -2.45. The van der Waals surface area contributed by atoms with E-state index >= 15 is 0 Å². The quantitative estimate of drug-likeness (QED) is 0.0264. The van der Waals surface area contributed by atoms with Crippen LogP contribution in [0, 0.1) is 0 Å². The number of unbranched alkanes of at least 4 members (excludes halogenated alkanes) is 24. The lowest BCUT2D eigenvalue weighted by atomic mass is 9.79. The largest absolute Gasteiger partial charge is 0.481 e. The molecule has 0 aliphatic carbocycles. The molecule has 46 heavy (non-hydrogen) atoms. The van der Waals surface area contributed by atoms with Crippen molar-refractivity contribution < 1.29 is 50.4 Å². The molecule has 0 spiro atoms. The van der Waals surface area contributed by atoms with Crippen LogP contribution in [-0.4, -0.2) is 76.1 Å². The Kier molecular flexibility index (Phi) is 25.9. The van der Waals surface area contributed by atoms with E-state index in [0.717, 1.165) is 77.0 Å². The number of aliphatic hydroxyl groups excluding tert-OH is 1. The average Bonchev–Trinajstić information content (AvgIpc) is 3.00. The van der Waals surface area contributed by atoms with Gasteiger partial charge >= 0.3 is 11.9 Å². The van der Waals surface area contributed by atoms with Crippen molar-refractivity contribution in [1.82, 2.24) is 0 Å². The molecule has 0 bridgehead atoms. The SMILES string of the molecule is CCCCCCCCCCCCCC(O)C(O)(O)C(O)(O)C(O)(CCCCCCCCCCCCCCCCCC(=O)O)C(=O)O. The van der Waals surface area contributed by atoms with Crippen molar-refractivity contribution in [2.45, 2.75) is 216 Å². The first-order valence-electron chi connectivity index (χ1n) is 18.6. The van der Waals surface area contributed by atoms with Crippen LogP contribution in [0.4, 0.5) is 0 Å². The molecule has 0 aliphatic heterocycles. The van der Waals surface area contributed by atoms with E-state index in [1.807, 2.05) is 0 Å². The highest BCUT2D eigenvalue weighted by atomic mass is 16.6. The molecule has 0 aromatic heterocycles. The molecule has 0 rings (SSSR count). The maximum absolute atomic E-state index is 11.9. The highest BCUT2D eigenvalue weighted by Gasteiger charge is 2.67. The van der Waals surface area contributed by atoms with Crippen molar-refractivity contribution in [1.29, 1.82) is 0 Å². The highest BCUT2D eigenvalue weighted by molar-refractivity contribution is 5.78. The van der Waals surface area contributed by atoms with E-state index in [4.69, 9.17) is 5.11 Å². The summed E-state index contributed by atoms with van der Waals surface area (Å²) in [5.74, 6) is -10.2. The monoisotopic (exact) mass is 662 g/mol. The Morgan fingerprint density at radius 3 is 1.17 bits per heavy atom. The van der Waals surface area contributed by atoms with Gasteiger partial charge in [0, 0.05) is 6.42 Å². The maximum atomic E-state index is 11.9. The Labute approximate surface area is 278 Å². The molecule has 0 aromatic carbocycles. The fourth-order valence-electron chi connectivity index (χ4n) is 6.13. The van der Waals surface area contributed by atoms with Gasteiger partial charge in [-0.15, -0.1) is 0 Å². The summed E-state index contributed by atoms with van der Waals surface area (Å²) in [4.78, 5) is 22.4. The molecule has 8 N–H and O–H groups in total. The first-order chi connectivity index (χ1) is 21.8. The van der Waals surface area contributed by atoms with E-state index in [-0.39, 0.29) is 19.3 Å². The Balaban J connectivity index is 4.20. The summed E-state index contributed by atoms with van der Waals surface area (Å²) in [6.45, 7) is 2.19. The maximum Gasteiger partial charge on any atom is 0.341 e. The molecule has 0 radical (unpaired) electrons. The third kappa shape index (κ3) is 18.9. The lowest BCUT2D eigenvalue weighted by molar-refractivity contribution is -0.424. The van der Waals surface area contributed by atoms with Gasteiger partial charge in [0.05, 0.1) is 0 Å². The van der Waals surface area contributed by atoms with Gasteiger partial charge < -0.3 is 40.9 Å². The molecule has 0 fully saturated rings. The van der Waals surface area contributed by atoms with Gasteiger partial charge in [-0.1, -0.05) is 161 Å². The first-order valence-corrected chi connectivity index (χ1v) is 18.6. The minimum atomic E-state index is -3.89. The number of carboxylic acid groups (broad SMARTS) is 2. The standard InChI is InChI=1S/C36H70O10/c1-2-3-4-5-6-7-13-16-19-22-25-28-31(37)35(43,44)36(45,46)34(42,33(40)41)30-27-24-21-18-15-12-10-8-9-11-14-17-20-23-26-29-32(38)39/h31,37,42-46H,2-30H2,1H3,(H,38,39)(H,40,41). The summed E-state index contributed by atoms with van der Waals surface area (Å²) >= 11 is 0. The van der Waals surface area contributed by atoms with Gasteiger partial charge in [-0.2, -0.15) is 0 Å². The minimum Gasteiger partial charge on any atom is -0.481 e. The van der Waals surface area contributed by atoms with E-state index < -0.39 is 41.6 Å². The fraction of sp³-hybridized carbons (Fsp3) is 0.944. The summed E-state index contributed by atoms with van der Waals surface area (Å²) in [6, 6.07) is 0. The molecule has 10 nitrogen and oxygen atoms in total. The summed E-state index contributed by atoms with van der Waals surface area (Å²) in [6.07, 6.45) is 23.3. The summed E-state index contributed by atoms with van der Waals surface area (Å²) < 4.78 is 0. The van der Waals surface area contributed by atoms with Gasteiger partial charge in [0.1, 0.15) is 6.10 Å². The van der Waals surface area contributed by atoms with Crippen molar-refractivity contribution in [3.05, 3.63) is 0 Å². The van der Waals surface area contributed by atoms with Crippen LogP contribution in [0.15, 0.2) is 0 Å². The van der Waals surface area contributed by atoms with E-state index in [1.54, 1.807) is 0 Å². The van der Waals surface area contributed by atoms with Crippen LogP contribution in [0.25, 0.3) is 0 Å². The molecule has 2 atom stereocenters. The molecular weight excluding hydrogens is 592 g/mol. The molecule has 2 unspecified atom stereocenters. The van der Waals surface area contributed by atoms with Gasteiger partial charge in [-0.05, 0) is 25.7 Å². The van der Waals surface area contributed by atoms with Crippen LogP contribution >= 0.6 is 0 Å². The van der Waals surface area contributed by atoms with Crippen molar-refractivity contribution in [2.24, 2.45) is 0 Å². The van der Waals surface area contributed by atoms with Gasteiger partial charge in [0.15, 0.2) is 0 Å². The molecule has 0 aromatic rings. The van der Waals surface area contributed by atoms with E-state index in [0.29, 0.717) is 19.3 Å². The lowest BCUT2D eigenvalue weighted by Crippen LogP contribution is -2.74. The topological polar surface area (TPSA) is 196 Å². The number of hydrogen-bond acceptors (Lipinski definition) is 8. The number of carboxylic acids is 2. The van der Waals surface area contributed by atoms with Crippen molar-refractivity contribution in [3.63, 3.8) is 0 Å². The zero-order valence-electron chi connectivity index (χ0n) is 29.0. The van der Waals surface area contributed by atoms with E-state index in [9.17, 15) is 45.3 Å². The van der Waals surface area contributed by atoms with E-state index in [1.165, 1.54) is 64.2 Å². The Hall–Kier alpha value is -1.30. The van der Waals surface area contributed by atoms with Crippen LogP contribution in [0.5, 0.6) is 0 Å². The molecule has 0 saturated carbocycles. The first kappa shape index (κ1) is 44.7. The molecule has 0 heterocycles. The smallest absolute Gasteiger partial charge is 0.341 e. The zero-order chi connectivity index (χ0) is 34.7. The number of hydrogen-bond donors (Lipinski definition) is 8. The third-order valence-electron chi connectivity index (χ3n) is 9.42. The second kappa shape index (κ2) is 26.6. The summed E-state index contributed by atoms with van der Waals surface area (Å²) in [5, 5.41) is 81.5. The molecule has 274 valence electrons. The van der Waals surface area contributed by atoms with Crippen LogP contribution in [0.2, 0.25) is 0 Å². The third-order valence-corrected chi connectivity index (χ3v) is 9.42. The molecule has 10 heteroatoms. The molecular formula is C36H70O10. The van der Waals surface area contributed by atoms with Crippen LogP contribution in [0.1, 0.15) is 193 Å². The van der Waals surface area contributed by atoms with Crippen LogP contribution in [-0.2, 0) is 9.59 Å². The van der Waals surface area contributed by atoms with Gasteiger partial charge in [0.2, 0.25) is 11.4 Å². The summed E-state index contributed by atoms with van der Waals surface area (Å²) in [5.41, 5.74) is -3.27. The van der Waals surface area contributed by atoms with Gasteiger partial charge in [0.25, 0.3) is 5.79 Å². The number of aliphatic hydroxyl groups is 6. The van der Waals surface area contributed by atoms with Crippen molar-refractivity contribution >= 4 is 11.9 Å². The minimum absolute atomic E-state index is 0.132. The predicted octanol–water partition coefficient (Wildman–Crippen LogP) is 6.94. The highest BCUT2D eigenvalue weighted by Crippen LogP contribution is 2.37. The second-order valence-electron chi connectivity index (χ2n) is 13.6. The zero-order valence-corrected chi connectivity index (χ0v) is 29.0. The van der Waals surface area contributed by atoms with Gasteiger partial charge in [-0.3, -0.25) is 4.79 Å². The fourth-order valence-corrected chi connectivity index (χ4v) is 6.13. The van der Waals surface area contributed by atoms with Crippen LogP contribution in [0.3, 0.4) is 0 Å². The van der Waals surface area contributed by atoms with Crippen molar-refractivity contribution in [2.75, 3.05) is 0 Å². The Morgan fingerprint density at radius 1 is 0.500 bits per heavy atom. The predicted molar refractivity (Wildman–Crippen MR) is 180 cm³/mol. The normalized spacial score (nSPS) is 14.3. The Bertz CT molecular complexity index is 757. The van der Waals surface area contributed by atoms with Crippen LogP contribution < -0.4 is 0 Å². The van der Waals surface area contributed by atoms with Gasteiger partial charge in [-0.25, -0.2) is 4.79 Å². The summed E-state index contributed by atoms with van der Waals surface area (Å²) in [7, 11) is 0. The number of aliphatic carboxylic acids is 2.